The Kier molecular flexibility index (Phi) is 3.96. The van der Waals surface area contributed by atoms with E-state index in [9.17, 15) is 0 Å². The highest BCUT2D eigenvalue weighted by atomic mass is 14.9. The van der Waals surface area contributed by atoms with Crippen molar-refractivity contribution < 1.29 is 0 Å². The minimum absolute atomic E-state index is 0.232. The van der Waals surface area contributed by atoms with Crippen LogP contribution in [0.3, 0.4) is 0 Å². The molecule has 0 spiro atoms. The van der Waals surface area contributed by atoms with Gasteiger partial charge in [0.1, 0.15) is 0 Å². The van der Waals surface area contributed by atoms with Crippen LogP contribution in [0, 0.1) is 0 Å². The fourth-order valence-electron chi connectivity index (χ4n) is 2.57. The Bertz CT molecular complexity index is 367. The molecule has 0 unspecified atom stereocenters. The maximum atomic E-state index is 5.93. The van der Waals surface area contributed by atoms with Crippen LogP contribution in [0.5, 0.6) is 0 Å². The summed E-state index contributed by atoms with van der Waals surface area (Å²) in [5, 5.41) is 3.62. The first kappa shape index (κ1) is 13.4. The van der Waals surface area contributed by atoms with E-state index in [0.29, 0.717) is 12.1 Å². The molecule has 1 aromatic carbocycles. The van der Waals surface area contributed by atoms with E-state index in [2.05, 4.69) is 50.4 Å². The van der Waals surface area contributed by atoms with Gasteiger partial charge in [-0.15, -0.1) is 0 Å². The maximum absolute atomic E-state index is 5.93. The normalized spacial score (nSPS) is 24.9. The molecule has 1 saturated carbocycles. The molecule has 18 heavy (non-hydrogen) atoms. The zero-order valence-corrected chi connectivity index (χ0v) is 11.9. The van der Waals surface area contributed by atoms with Crippen molar-refractivity contribution in [2.24, 2.45) is 5.73 Å². The van der Waals surface area contributed by atoms with E-state index in [4.69, 9.17) is 5.73 Å². The number of hydrogen-bond acceptors (Lipinski definition) is 2. The number of nitrogens with two attached hydrogens (primary N) is 1. The first-order valence-corrected chi connectivity index (χ1v) is 7.08. The second-order valence-electron chi connectivity index (χ2n) is 6.58. The molecule has 0 aromatic heterocycles. The van der Waals surface area contributed by atoms with Crippen LogP contribution in [0.25, 0.3) is 0 Å². The van der Waals surface area contributed by atoms with Gasteiger partial charge in [0.15, 0.2) is 0 Å². The minimum atomic E-state index is 0.232. The van der Waals surface area contributed by atoms with E-state index in [1.807, 2.05) is 0 Å². The maximum Gasteiger partial charge on any atom is 0.0342 e. The van der Waals surface area contributed by atoms with Crippen LogP contribution >= 0.6 is 0 Å². The molecule has 1 aliphatic carbocycles. The summed E-state index contributed by atoms with van der Waals surface area (Å²) in [5.74, 6) is 0. The second kappa shape index (κ2) is 5.31. The van der Waals surface area contributed by atoms with Crippen LogP contribution in [-0.2, 0) is 5.41 Å². The first-order chi connectivity index (χ1) is 8.45. The highest BCUT2D eigenvalue weighted by Crippen LogP contribution is 2.25. The summed E-state index contributed by atoms with van der Waals surface area (Å²) in [5.41, 5.74) is 8.79. The predicted molar refractivity (Wildman–Crippen MR) is 79.0 cm³/mol. The van der Waals surface area contributed by atoms with Crippen LogP contribution in [0.15, 0.2) is 24.3 Å². The molecule has 1 aliphatic rings. The van der Waals surface area contributed by atoms with Gasteiger partial charge in [-0.3, -0.25) is 0 Å². The van der Waals surface area contributed by atoms with Crippen LogP contribution in [-0.4, -0.2) is 12.1 Å². The van der Waals surface area contributed by atoms with Gasteiger partial charge >= 0.3 is 0 Å². The summed E-state index contributed by atoms with van der Waals surface area (Å²) < 4.78 is 0. The van der Waals surface area contributed by atoms with E-state index >= 15 is 0 Å². The lowest BCUT2D eigenvalue weighted by molar-refractivity contribution is 0.411. The highest BCUT2D eigenvalue weighted by Gasteiger charge is 2.18. The first-order valence-electron chi connectivity index (χ1n) is 7.08. The second-order valence-corrected chi connectivity index (χ2v) is 6.58. The largest absolute Gasteiger partial charge is 0.382 e. The predicted octanol–water partition coefficient (Wildman–Crippen LogP) is 3.67. The molecular formula is C16H26N2. The third-order valence-corrected chi connectivity index (χ3v) is 3.89. The number of nitrogens with one attached hydrogen (secondary N) is 1. The molecule has 2 heteroatoms. The van der Waals surface area contributed by atoms with Crippen molar-refractivity contribution in [1.82, 2.24) is 0 Å². The van der Waals surface area contributed by atoms with Crippen molar-refractivity contribution in [1.29, 1.82) is 0 Å². The molecule has 0 saturated heterocycles. The third kappa shape index (κ3) is 3.49. The van der Waals surface area contributed by atoms with Crippen LogP contribution in [0.2, 0.25) is 0 Å². The van der Waals surface area contributed by atoms with Gasteiger partial charge in [0.25, 0.3) is 0 Å². The number of benzene rings is 1. The van der Waals surface area contributed by atoms with E-state index in [1.54, 1.807) is 0 Å². The van der Waals surface area contributed by atoms with Gasteiger partial charge in [-0.05, 0) is 48.8 Å². The molecule has 0 amide bonds. The lowest BCUT2D eigenvalue weighted by atomic mass is 9.87. The lowest BCUT2D eigenvalue weighted by Crippen LogP contribution is -2.32. The van der Waals surface area contributed by atoms with Crippen molar-refractivity contribution in [2.45, 2.75) is 64.0 Å². The Balaban J connectivity index is 1.94. The molecule has 100 valence electrons. The average molecular weight is 246 g/mol. The molecular weight excluding hydrogens is 220 g/mol. The summed E-state index contributed by atoms with van der Waals surface area (Å²) in [6.45, 7) is 6.74. The lowest BCUT2D eigenvalue weighted by Gasteiger charge is -2.28. The van der Waals surface area contributed by atoms with Crippen LogP contribution < -0.4 is 11.1 Å². The average Bonchev–Trinajstić information content (AvgIpc) is 2.32. The number of rotatable bonds is 2. The molecule has 0 aliphatic heterocycles. The van der Waals surface area contributed by atoms with Crippen molar-refractivity contribution >= 4 is 5.69 Å². The summed E-state index contributed by atoms with van der Waals surface area (Å²) in [6.07, 6.45) is 4.69. The molecule has 3 N–H and O–H groups in total. The molecule has 1 aromatic rings. The van der Waals surface area contributed by atoms with Gasteiger partial charge in [-0.25, -0.2) is 0 Å². The molecule has 2 nitrogen and oxygen atoms in total. The van der Waals surface area contributed by atoms with Crippen LogP contribution in [0.1, 0.15) is 52.0 Å². The van der Waals surface area contributed by atoms with E-state index in [1.165, 1.54) is 24.1 Å². The van der Waals surface area contributed by atoms with Gasteiger partial charge in [0, 0.05) is 17.8 Å². The smallest absolute Gasteiger partial charge is 0.0342 e. The van der Waals surface area contributed by atoms with Gasteiger partial charge in [-0.1, -0.05) is 32.9 Å². The van der Waals surface area contributed by atoms with E-state index in [-0.39, 0.29) is 5.41 Å². The SMILES string of the molecule is CC(C)(C)c1ccc(N[C@H]2CC[C@@H](N)CC2)cc1. The van der Waals surface area contributed by atoms with Gasteiger partial charge in [-0.2, -0.15) is 0 Å². The molecule has 0 heterocycles. The summed E-state index contributed by atoms with van der Waals surface area (Å²) in [6, 6.07) is 9.90. The topological polar surface area (TPSA) is 38.0 Å². The Hall–Kier alpha value is -1.02. The standard InChI is InChI=1S/C16H26N2/c1-16(2,3)12-4-8-14(9-5-12)18-15-10-6-13(17)7-11-15/h4-5,8-9,13,15,18H,6-7,10-11,17H2,1-3H3/t13-,15+. The third-order valence-electron chi connectivity index (χ3n) is 3.89. The fraction of sp³-hybridized carbons (Fsp3) is 0.625. The van der Waals surface area contributed by atoms with Crippen molar-refractivity contribution in [2.75, 3.05) is 5.32 Å². The summed E-state index contributed by atoms with van der Waals surface area (Å²) in [7, 11) is 0. The van der Waals surface area contributed by atoms with Crippen molar-refractivity contribution in [3.05, 3.63) is 29.8 Å². The van der Waals surface area contributed by atoms with E-state index < -0.39 is 0 Å². The molecule has 0 atom stereocenters. The molecule has 0 radical (unpaired) electrons. The van der Waals surface area contributed by atoms with Crippen molar-refractivity contribution in [3.63, 3.8) is 0 Å². The quantitative estimate of drug-likeness (QED) is 0.835. The summed E-state index contributed by atoms with van der Waals surface area (Å²) >= 11 is 0. The number of hydrogen-bond donors (Lipinski definition) is 2. The zero-order chi connectivity index (χ0) is 13.2. The fourth-order valence-corrected chi connectivity index (χ4v) is 2.57. The van der Waals surface area contributed by atoms with Gasteiger partial charge in [0.2, 0.25) is 0 Å². The monoisotopic (exact) mass is 246 g/mol. The van der Waals surface area contributed by atoms with E-state index in [0.717, 1.165) is 12.8 Å². The minimum Gasteiger partial charge on any atom is -0.382 e. The number of anilines is 1. The highest BCUT2D eigenvalue weighted by molar-refractivity contribution is 5.46. The summed E-state index contributed by atoms with van der Waals surface area (Å²) in [4.78, 5) is 0. The van der Waals surface area contributed by atoms with Gasteiger partial charge < -0.3 is 11.1 Å². The Morgan fingerprint density at radius 1 is 1.00 bits per heavy atom. The molecule has 1 fully saturated rings. The molecule has 2 rings (SSSR count). The Morgan fingerprint density at radius 2 is 1.56 bits per heavy atom. The van der Waals surface area contributed by atoms with Crippen LogP contribution in [0.4, 0.5) is 5.69 Å². The Morgan fingerprint density at radius 3 is 2.06 bits per heavy atom. The molecule has 0 bridgehead atoms. The van der Waals surface area contributed by atoms with Gasteiger partial charge in [0.05, 0.1) is 0 Å². The zero-order valence-electron chi connectivity index (χ0n) is 11.9. The Labute approximate surface area is 111 Å². The van der Waals surface area contributed by atoms with Crippen molar-refractivity contribution in [3.8, 4) is 0 Å².